The van der Waals surface area contributed by atoms with E-state index in [-0.39, 0.29) is 43.1 Å². The molecule has 1 aromatic heterocycles. The minimum atomic E-state index is -3.94. The number of benzene rings is 2. The maximum atomic E-state index is 13.0. The molecule has 7 nitrogen and oxygen atoms in total. The summed E-state index contributed by atoms with van der Waals surface area (Å²) in [6.45, 7) is 0. The molecule has 1 aliphatic rings. The number of halogens is 2. The van der Waals surface area contributed by atoms with Gasteiger partial charge in [-0.15, -0.1) is 11.3 Å². The summed E-state index contributed by atoms with van der Waals surface area (Å²) >= 11 is 13.1. The van der Waals surface area contributed by atoms with Crippen molar-refractivity contribution in [2.75, 3.05) is 4.90 Å². The lowest BCUT2D eigenvalue weighted by atomic mass is 10.0. The van der Waals surface area contributed by atoms with E-state index in [0.717, 1.165) is 16.2 Å². The SMILES string of the molecule is O=C(O)c1scc2c1C(=O)N(c1cccc(S(=O)(=O)Cc3c(Cl)cccc3Cl)c1)C(=O)C2. The van der Waals surface area contributed by atoms with Crippen molar-refractivity contribution < 1.29 is 27.9 Å². The number of anilines is 1. The smallest absolute Gasteiger partial charge is 0.346 e. The highest BCUT2D eigenvalue weighted by Crippen LogP contribution is 2.34. The van der Waals surface area contributed by atoms with Crippen molar-refractivity contribution in [3.8, 4) is 0 Å². The fourth-order valence-electron chi connectivity index (χ4n) is 3.40. The van der Waals surface area contributed by atoms with Crippen LogP contribution in [-0.4, -0.2) is 31.3 Å². The molecule has 164 valence electrons. The van der Waals surface area contributed by atoms with Gasteiger partial charge in [-0.1, -0.05) is 35.3 Å². The number of carboxylic acid groups (broad SMARTS) is 1. The lowest BCUT2D eigenvalue weighted by molar-refractivity contribution is -0.117. The Morgan fingerprint density at radius 1 is 1.09 bits per heavy atom. The monoisotopic (exact) mass is 509 g/mol. The normalized spacial score (nSPS) is 13.9. The van der Waals surface area contributed by atoms with Gasteiger partial charge in [0.05, 0.1) is 28.3 Å². The van der Waals surface area contributed by atoms with Gasteiger partial charge in [0.25, 0.3) is 5.91 Å². The minimum absolute atomic E-state index is 0.0273. The number of carbonyl (C=O) groups excluding carboxylic acids is 2. The quantitative estimate of drug-likeness (QED) is 0.508. The van der Waals surface area contributed by atoms with Gasteiger partial charge in [0.15, 0.2) is 9.84 Å². The summed E-state index contributed by atoms with van der Waals surface area (Å²) in [5, 5.41) is 11.2. The summed E-state index contributed by atoms with van der Waals surface area (Å²) in [6.07, 6.45) is -0.170. The first-order valence-corrected chi connectivity index (χ1v) is 12.4. The Morgan fingerprint density at radius 3 is 2.41 bits per heavy atom. The van der Waals surface area contributed by atoms with E-state index in [4.69, 9.17) is 23.2 Å². The number of carbonyl (C=O) groups is 3. The molecule has 2 aromatic carbocycles. The van der Waals surface area contributed by atoms with Crippen LogP contribution < -0.4 is 4.90 Å². The Balaban J connectivity index is 1.73. The summed E-state index contributed by atoms with van der Waals surface area (Å²) in [4.78, 5) is 37.7. The number of sulfone groups is 1. The molecule has 1 N–H and O–H groups in total. The van der Waals surface area contributed by atoms with E-state index in [1.807, 2.05) is 0 Å². The van der Waals surface area contributed by atoms with E-state index in [9.17, 15) is 27.9 Å². The molecule has 11 heteroatoms. The molecule has 0 atom stereocenters. The zero-order valence-electron chi connectivity index (χ0n) is 16.0. The van der Waals surface area contributed by atoms with Gasteiger partial charge in [0.2, 0.25) is 5.91 Å². The second-order valence-electron chi connectivity index (χ2n) is 6.94. The number of thiophene rings is 1. The number of aromatic carboxylic acids is 1. The van der Waals surface area contributed by atoms with Gasteiger partial charge in [-0.05, 0) is 41.3 Å². The number of hydrogen-bond donors (Lipinski definition) is 1. The van der Waals surface area contributed by atoms with Crippen LogP contribution in [-0.2, 0) is 26.8 Å². The Hall–Kier alpha value is -2.72. The summed E-state index contributed by atoms with van der Waals surface area (Å²) in [5.41, 5.74) is 0.550. The summed E-state index contributed by atoms with van der Waals surface area (Å²) in [6, 6.07) is 10.00. The Morgan fingerprint density at radius 2 is 1.75 bits per heavy atom. The van der Waals surface area contributed by atoms with Crippen LogP contribution in [0.25, 0.3) is 0 Å². The third-order valence-electron chi connectivity index (χ3n) is 4.90. The van der Waals surface area contributed by atoms with Crippen molar-refractivity contribution >= 4 is 67.8 Å². The molecule has 32 heavy (non-hydrogen) atoms. The maximum Gasteiger partial charge on any atom is 0.346 e. The molecule has 0 bridgehead atoms. The molecule has 0 aliphatic carbocycles. The van der Waals surface area contributed by atoms with E-state index < -0.39 is 33.4 Å². The van der Waals surface area contributed by atoms with Crippen molar-refractivity contribution in [2.24, 2.45) is 0 Å². The molecule has 1 aliphatic heterocycles. The highest BCUT2D eigenvalue weighted by Gasteiger charge is 2.37. The molecule has 3 aromatic rings. The van der Waals surface area contributed by atoms with Crippen LogP contribution in [0.15, 0.2) is 52.7 Å². The first kappa shape index (κ1) is 22.5. The second kappa shape index (κ2) is 8.32. The van der Waals surface area contributed by atoms with Crippen LogP contribution >= 0.6 is 34.5 Å². The lowest BCUT2D eigenvalue weighted by Crippen LogP contribution is -2.42. The molecule has 0 unspecified atom stereocenters. The first-order chi connectivity index (χ1) is 15.1. The van der Waals surface area contributed by atoms with Crippen molar-refractivity contribution in [3.05, 3.63) is 79.5 Å². The average Bonchev–Trinajstić information content (AvgIpc) is 3.15. The molecule has 2 heterocycles. The van der Waals surface area contributed by atoms with Crippen molar-refractivity contribution in [1.29, 1.82) is 0 Å². The maximum absolute atomic E-state index is 13.0. The zero-order valence-corrected chi connectivity index (χ0v) is 19.2. The molecule has 4 rings (SSSR count). The molecule has 2 amide bonds. The van der Waals surface area contributed by atoms with Gasteiger partial charge < -0.3 is 5.11 Å². The highest BCUT2D eigenvalue weighted by molar-refractivity contribution is 7.90. The minimum Gasteiger partial charge on any atom is -0.477 e. The zero-order chi connectivity index (χ0) is 23.2. The number of nitrogens with zero attached hydrogens (tertiary/aromatic N) is 1. The van der Waals surface area contributed by atoms with Gasteiger partial charge in [0, 0.05) is 15.6 Å². The predicted octanol–water partition coefficient (Wildman–Crippen LogP) is 4.46. The average molecular weight is 510 g/mol. The molecular formula is C21H13Cl2NO6S2. The van der Waals surface area contributed by atoms with Crippen molar-refractivity contribution in [2.45, 2.75) is 17.1 Å². The standard InChI is InChI=1S/C21H13Cl2NO6S2/c22-15-5-2-6-16(23)14(15)10-32(29,30)13-4-1-3-12(8-13)24-17(25)7-11-9-31-19(21(27)28)18(11)20(24)26/h1-6,8-9H,7,10H2,(H,27,28). The van der Waals surface area contributed by atoms with E-state index in [1.54, 1.807) is 6.07 Å². The Bertz CT molecular complexity index is 1380. The van der Waals surface area contributed by atoms with Crippen LogP contribution in [0.5, 0.6) is 0 Å². The fourth-order valence-corrected chi connectivity index (χ4v) is 6.44. The van der Waals surface area contributed by atoms with E-state index in [1.165, 1.54) is 41.8 Å². The van der Waals surface area contributed by atoms with E-state index in [2.05, 4.69) is 0 Å². The van der Waals surface area contributed by atoms with Crippen molar-refractivity contribution in [3.63, 3.8) is 0 Å². The summed E-state index contributed by atoms with van der Waals surface area (Å²) in [7, 11) is -3.94. The number of amides is 2. The van der Waals surface area contributed by atoms with E-state index >= 15 is 0 Å². The Kier molecular flexibility index (Phi) is 5.85. The topological polar surface area (TPSA) is 109 Å². The second-order valence-corrected chi connectivity index (χ2v) is 10.6. The van der Waals surface area contributed by atoms with Crippen LogP contribution in [0, 0.1) is 0 Å². The number of carboxylic acids is 1. The molecule has 0 radical (unpaired) electrons. The molecular weight excluding hydrogens is 497 g/mol. The van der Waals surface area contributed by atoms with E-state index in [0.29, 0.717) is 5.56 Å². The van der Waals surface area contributed by atoms with Crippen LogP contribution in [0.1, 0.15) is 31.2 Å². The summed E-state index contributed by atoms with van der Waals surface area (Å²) < 4.78 is 26.0. The number of imide groups is 1. The fraction of sp³-hybridized carbons (Fsp3) is 0.0952. The van der Waals surface area contributed by atoms with Gasteiger partial charge in [0.1, 0.15) is 4.88 Å². The first-order valence-electron chi connectivity index (χ1n) is 9.07. The van der Waals surface area contributed by atoms with Crippen LogP contribution in [0.4, 0.5) is 5.69 Å². The molecule has 0 saturated carbocycles. The Labute approximate surface area is 196 Å². The predicted molar refractivity (Wildman–Crippen MR) is 121 cm³/mol. The van der Waals surface area contributed by atoms with Gasteiger partial charge in [-0.2, -0.15) is 0 Å². The third kappa shape index (κ3) is 3.93. The summed E-state index contributed by atoms with van der Waals surface area (Å²) in [5.74, 6) is -3.14. The molecule has 0 spiro atoms. The van der Waals surface area contributed by atoms with Gasteiger partial charge >= 0.3 is 5.97 Å². The molecule has 0 fully saturated rings. The molecule has 0 saturated heterocycles. The highest BCUT2D eigenvalue weighted by atomic mass is 35.5. The van der Waals surface area contributed by atoms with Crippen molar-refractivity contribution in [1.82, 2.24) is 0 Å². The lowest BCUT2D eigenvalue weighted by Gasteiger charge is -2.26. The third-order valence-corrected chi connectivity index (χ3v) is 8.27. The van der Waals surface area contributed by atoms with Crippen LogP contribution in [0.3, 0.4) is 0 Å². The van der Waals surface area contributed by atoms with Gasteiger partial charge in [-0.25, -0.2) is 18.1 Å². The van der Waals surface area contributed by atoms with Gasteiger partial charge in [-0.3, -0.25) is 9.59 Å². The number of fused-ring (bicyclic) bond motifs is 1. The number of hydrogen-bond acceptors (Lipinski definition) is 6. The number of rotatable bonds is 5. The largest absolute Gasteiger partial charge is 0.477 e. The van der Waals surface area contributed by atoms with Crippen LogP contribution in [0.2, 0.25) is 10.0 Å².